The fraction of sp³-hybridized carbons (Fsp3) is 0.292. The van der Waals surface area contributed by atoms with Gasteiger partial charge in [-0.05, 0) is 48.4 Å². The summed E-state index contributed by atoms with van der Waals surface area (Å²) in [6, 6.07) is 11.5. The fourth-order valence-electron chi connectivity index (χ4n) is 3.44. The molecule has 1 aliphatic rings. The zero-order valence-electron chi connectivity index (χ0n) is 19.6. The third kappa shape index (κ3) is 6.42. The Hall–Kier alpha value is -4.32. The van der Waals surface area contributed by atoms with E-state index < -0.39 is 10.7 Å². The number of nitrogens with zero attached hydrogens (tertiary/aromatic N) is 5. The molecule has 0 saturated carbocycles. The van der Waals surface area contributed by atoms with Crippen molar-refractivity contribution in [2.45, 2.75) is 13.5 Å². The number of hydrogen-bond donors (Lipinski definition) is 1. The standard InChI is InChI=1S/C24H25FN6O5/c1-2-35-22-13-18(5-8-21(22)36-16-17-3-6-19(7-4-17)31(32)33)14-27-29-24-26-15-20(25)23(28-24)30-9-11-34-12-10-30/h3-8,13-15H,2,9-12,16H2,1H3,(H,26,28,29)/b27-14-. The van der Waals surface area contributed by atoms with Crippen LogP contribution >= 0.6 is 0 Å². The third-order valence-corrected chi connectivity index (χ3v) is 5.22. The van der Waals surface area contributed by atoms with E-state index in [0.29, 0.717) is 44.4 Å². The van der Waals surface area contributed by atoms with Crippen molar-refractivity contribution >= 4 is 23.7 Å². The number of non-ortho nitro benzene ring substituents is 1. The normalized spacial score (nSPS) is 13.6. The Balaban J connectivity index is 1.40. The van der Waals surface area contributed by atoms with Crippen molar-refractivity contribution in [2.75, 3.05) is 43.2 Å². The number of nitro groups is 1. The summed E-state index contributed by atoms with van der Waals surface area (Å²) in [6.07, 6.45) is 2.67. The molecular weight excluding hydrogens is 471 g/mol. The van der Waals surface area contributed by atoms with Crippen molar-refractivity contribution in [2.24, 2.45) is 5.10 Å². The summed E-state index contributed by atoms with van der Waals surface area (Å²) in [5, 5.41) is 15.0. The maximum absolute atomic E-state index is 14.2. The number of anilines is 2. The Morgan fingerprint density at radius 3 is 2.69 bits per heavy atom. The molecule has 4 rings (SSSR count). The number of halogens is 1. The van der Waals surface area contributed by atoms with Gasteiger partial charge in [0.15, 0.2) is 23.1 Å². The molecule has 1 N–H and O–H groups in total. The highest BCUT2D eigenvalue weighted by atomic mass is 19.1. The van der Waals surface area contributed by atoms with Crippen LogP contribution in [-0.2, 0) is 11.3 Å². The first-order chi connectivity index (χ1) is 17.5. The van der Waals surface area contributed by atoms with E-state index in [1.807, 2.05) is 6.92 Å². The quantitative estimate of drug-likeness (QED) is 0.254. The molecule has 36 heavy (non-hydrogen) atoms. The Bertz CT molecular complexity index is 1220. The Morgan fingerprint density at radius 2 is 1.97 bits per heavy atom. The molecule has 11 nitrogen and oxygen atoms in total. The van der Waals surface area contributed by atoms with E-state index in [9.17, 15) is 14.5 Å². The van der Waals surface area contributed by atoms with Crippen LogP contribution in [0.5, 0.6) is 11.5 Å². The molecule has 0 atom stereocenters. The second-order valence-electron chi connectivity index (χ2n) is 7.69. The van der Waals surface area contributed by atoms with Gasteiger partial charge in [0.2, 0.25) is 5.95 Å². The predicted octanol–water partition coefficient (Wildman–Crippen LogP) is 3.78. The molecular formula is C24H25FN6O5. The molecule has 0 aliphatic carbocycles. The first-order valence-electron chi connectivity index (χ1n) is 11.3. The number of nitrogens with one attached hydrogen (secondary N) is 1. The topological polar surface area (TPSA) is 124 Å². The molecule has 0 radical (unpaired) electrons. The van der Waals surface area contributed by atoms with Crippen LogP contribution in [0.2, 0.25) is 0 Å². The predicted molar refractivity (Wildman–Crippen MR) is 131 cm³/mol. The summed E-state index contributed by atoms with van der Waals surface area (Å²) in [4.78, 5) is 20.3. The van der Waals surface area contributed by atoms with Gasteiger partial charge in [0.05, 0.1) is 37.2 Å². The number of benzene rings is 2. The van der Waals surface area contributed by atoms with Crippen LogP contribution in [0.1, 0.15) is 18.1 Å². The van der Waals surface area contributed by atoms with Crippen LogP contribution in [0.25, 0.3) is 0 Å². The number of morpholine rings is 1. The summed E-state index contributed by atoms with van der Waals surface area (Å²) < 4.78 is 31.1. The number of hydrazone groups is 1. The number of rotatable bonds is 10. The van der Waals surface area contributed by atoms with Crippen LogP contribution in [0.3, 0.4) is 0 Å². The van der Waals surface area contributed by atoms with E-state index in [4.69, 9.17) is 14.2 Å². The van der Waals surface area contributed by atoms with Crippen molar-refractivity contribution in [1.82, 2.24) is 9.97 Å². The van der Waals surface area contributed by atoms with Crippen LogP contribution in [0.15, 0.2) is 53.8 Å². The molecule has 0 spiro atoms. The van der Waals surface area contributed by atoms with Crippen molar-refractivity contribution in [3.63, 3.8) is 0 Å². The zero-order chi connectivity index (χ0) is 25.3. The highest BCUT2D eigenvalue weighted by Gasteiger charge is 2.17. The molecule has 3 aromatic rings. The van der Waals surface area contributed by atoms with Crippen LogP contribution in [0.4, 0.5) is 21.8 Å². The highest BCUT2D eigenvalue weighted by Crippen LogP contribution is 2.29. The smallest absolute Gasteiger partial charge is 0.269 e. The van der Waals surface area contributed by atoms with Gasteiger partial charge in [0.1, 0.15) is 6.61 Å². The molecule has 2 aromatic carbocycles. The molecule has 2 heterocycles. The van der Waals surface area contributed by atoms with Gasteiger partial charge in [0, 0.05) is 25.2 Å². The number of aromatic nitrogens is 2. The highest BCUT2D eigenvalue weighted by molar-refractivity contribution is 5.81. The maximum atomic E-state index is 14.2. The number of hydrogen-bond acceptors (Lipinski definition) is 10. The van der Waals surface area contributed by atoms with Gasteiger partial charge < -0.3 is 19.1 Å². The zero-order valence-corrected chi connectivity index (χ0v) is 19.6. The SMILES string of the molecule is CCOc1cc(/C=N\Nc2ncc(F)c(N3CCOCC3)n2)ccc1OCc1ccc([N+](=O)[O-])cc1. The molecule has 1 fully saturated rings. The Kier molecular flexibility index (Phi) is 8.19. The van der Waals surface area contributed by atoms with Gasteiger partial charge in [-0.1, -0.05) is 0 Å². The van der Waals surface area contributed by atoms with E-state index in [1.54, 1.807) is 41.4 Å². The molecule has 0 amide bonds. The first-order valence-corrected chi connectivity index (χ1v) is 11.3. The summed E-state index contributed by atoms with van der Waals surface area (Å²) >= 11 is 0. The van der Waals surface area contributed by atoms with Crippen LogP contribution in [0, 0.1) is 15.9 Å². The van der Waals surface area contributed by atoms with Gasteiger partial charge in [-0.15, -0.1) is 0 Å². The largest absolute Gasteiger partial charge is 0.490 e. The Morgan fingerprint density at radius 1 is 1.19 bits per heavy atom. The lowest BCUT2D eigenvalue weighted by Crippen LogP contribution is -2.37. The van der Waals surface area contributed by atoms with Gasteiger partial charge in [0.25, 0.3) is 5.69 Å². The van der Waals surface area contributed by atoms with E-state index in [2.05, 4.69) is 20.5 Å². The van der Waals surface area contributed by atoms with Gasteiger partial charge in [-0.3, -0.25) is 10.1 Å². The third-order valence-electron chi connectivity index (χ3n) is 5.22. The minimum atomic E-state index is -0.503. The van der Waals surface area contributed by atoms with E-state index in [1.165, 1.54) is 12.1 Å². The fourth-order valence-corrected chi connectivity index (χ4v) is 3.44. The summed E-state index contributed by atoms with van der Waals surface area (Å²) in [5.41, 5.74) is 4.26. The lowest BCUT2D eigenvalue weighted by Gasteiger charge is -2.27. The maximum Gasteiger partial charge on any atom is 0.269 e. The van der Waals surface area contributed by atoms with Crippen molar-refractivity contribution < 1.29 is 23.5 Å². The van der Waals surface area contributed by atoms with Crippen molar-refractivity contribution in [3.05, 3.63) is 75.7 Å². The minimum Gasteiger partial charge on any atom is -0.490 e. The monoisotopic (exact) mass is 496 g/mol. The summed E-state index contributed by atoms with van der Waals surface area (Å²) in [5.74, 6) is 0.923. The van der Waals surface area contributed by atoms with Crippen LogP contribution in [-0.4, -0.2) is 54.0 Å². The van der Waals surface area contributed by atoms with Gasteiger partial charge >= 0.3 is 0 Å². The lowest BCUT2D eigenvalue weighted by molar-refractivity contribution is -0.384. The minimum absolute atomic E-state index is 0.0226. The summed E-state index contributed by atoms with van der Waals surface area (Å²) in [6.45, 7) is 4.65. The summed E-state index contributed by atoms with van der Waals surface area (Å²) in [7, 11) is 0. The number of nitro benzene ring substituents is 1. The number of ether oxygens (including phenoxy) is 3. The molecule has 0 bridgehead atoms. The second kappa shape index (κ2) is 11.9. The molecule has 12 heteroatoms. The first kappa shape index (κ1) is 24.8. The van der Waals surface area contributed by atoms with Crippen molar-refractivity contribution in [3.8, 4) is 11.5 Å². The molecule has 1 aromatic heterocycles. The van der Waals surface area contributed by atoms with Gasteiger partial charge in [-0.25, -0.2) is 14.8 Å². The lowest BCUT2D eigenvalue weighted by atomic mass is 10.2. The second-order valence-corrected chi connectivity index (χ2v) is 7.69. The molecule has 188 valence electrons. The molecule has 1 saturated heterocycles. The molecule has 0 unspecified atom stereocenters. The van der Waals surface area contributed by atoms with Gasteiger partial charge in [-0.2, -0.15) is 10.1 Å². The van der Waals surface area contributed by atoms with E-state index in [-0.39, 0.29) is 24.1 Å². The van der Waals surface area contributed by atoms with Crippen LogP contribution < -0.4 is 19.8 Å². The average molecular weight is 496 g/mol. The molecule has 1 aliphatic heterocycles. The van der Waals surface area contributed by atoms with Crippen molar-refractivity contribution in [1.29, 1.82) is 0 Å². The van der Waals surface area contributed by atoms with E-state index in [0.717, 1.165) is 17.3 Å². The average Bonchev–Trinajstić information content (AvgIpc) is 2.90. The Labute approximate surface area is 206 Å². The van der Waals surface area contributed by atoms with E-state index >= 15 is 0 Å².